The molecule has 0 aliphatic carbocycles. The fourth-order valence-corrected chi connectivity index (χ4v) is 5.22. The lowest BCUT2D eigenvalue weighted by Crippen LogP contribution is -2.38. The minimum atomic E-state index is 0.0973. The number of aromatic nitrogens is 1. The molecule has 0 radical (unpaired) electrons. The van der Waals surface area contributed by atoms with Crippen LogP contribution in [0, 0.1) is 6.92 Å². The lowest BCUT2D eigenvalue weighted by molar-refractivity contribution is 0.0366. The van der Waals surface area contributed by atoms with E-state index in [9.17, 15) is 0 Å². The highest BCUT2D eigenvalue weighted by Crippen LogP contribution is 2.41. The summed E-state index contributed by atoms with van der Waals surface area (Å²) in [6.07, 6.45) is 2.95. The standard InChI is InChI=1S/C20H26N4OS2/c1-15-6-7-17(27-15)19-18(16-5-2-3-8-21-16)22-20(26)24(19)10-4-9-23-11-13-25-14-12-23/h2-3,5-8,18-19H,4,9-14H2,1H3,(H,22,26)/t18-,19+/m0/s1. The van der Waals surface area contributed by atoms with Crippen LogP contribution in [0.5, 0.6) is 0 Å². The highest BCUT2D eigenvalue weighted by Gasteiger charge is 2.40. The van der Waals surface area contributed by atoms with Gasteiger partial charge in [0.25, 0.3) is 0 Å². The van der Waals surface area contributed by atoms with Crippen LogP contribution in [-0.4, -0.2) is 59.3 Å². The van der Waals surface area contributed by atoms with Crippen molar-refractivity contribution in [3.05, 3.63) is 52.0 Å². The van der Waals surface area contributed by atoms with Gasteiger partial charge in [0.2, 0.25) is 0 Å². The summed E-state index contributed by atoms with van der Waals surface area (Å²) in [6.45, 7) is 7.97. The maximum atomic E-state index is 5.73. The van der Waals surface area contributed by atoms with Gasteiger partial charge in [-0.3, -0.25) is 9.88 Å². The van der Waals surface area contributed by atoms with Crippen LogP contribution in [0.1, 0.15) is 34.0 Å². The predicted octanol–water partition coefficient (Wildman–Crippen LogP) is 3.15. The van der Waals surface area contributed by atoms with E-state index in [-0.39, 0.29) is 12.1 Å². The van der Waals surface area contributed by atoms with Gasteiger partial charge in [-0.25, -0.2) is 0 Å². The molecule has 4 rings (SSSR count). The highest BCUT2D eigenvalue weighted by molar-refractivity contribution is 7.80. The molecule has 0 saturated carbocycles. The maximum absolute atomic E-state index is 5.73. The topological polar surface area (TPSA) is 40.6 Å². The van der Waals surface area contributed by atoms with Gasteiger partial charge in [0.1, 0.15) is 0 Å². The van der Waals surface area contributed by atoms with Gasteiger partial charge < -0.3 is 15.0 Å². The Morgan fingerprint density at radius 3 is 2.78 bits per heavy atom. The molecule has 7 heteroatoms. The number of pyridine rings is 1. The summed E-state index contributed by atoms with van der Waals surface area (Å²) < 4.78 is 5.45. The summed E-state index contributed by atoms with van der Waals surface area (Å²) in [5.41, 5.74) is 1.05. The zero-order valence-electron chi connectivity index (χ0n) is 15.6. The molecule has 5 nitrogen and oxygen atoms in total. The lowest BCUT2D eigenvalue weighted by atomic mass is 10.0. The van der Waals surface area contributed by atoms with E-state index in [0.717, 1.165) is 56.6 Å². The Morgan fingerprint density at radius 1 is 1.22 bits per heavy atom. The first-order chi connectivity index (χ1) is 13.2. The number of thiophene rings is 1. The molecule has 0 amide bonds. The molecule has 2 aromatic rings. The van der Waals surface area contributed by atoms with Crippen molar-refractivity contribution in [2.45, 2.75) is 25.4 Å². The minimum Gasteiger partial charge on any atom is -0.379 e. The first kappa shape index (κ1) is 18.8. The zero-order valence-corrected chi connectivity index (χ0v) is 17.3. The Kier molecular flexibility index (Phi) is 6.02. The third kappa shape index (κ3) is 4.32. The zero-order chi connectivity index (χ0) is 18.6. The van der Waals surface area contributed by atoms with Gasteiger partial charge in [-0.15, -0.1) is 11.3 Å². The molecular formula is C20H26N4OS2. The van der Waals surface area contributed by atoms with Crippen molar-refractivity contribution in [3.8, 4) is 0 Å². The Bertz CT molecular complexity index is 760. The first-order valence-electron chi connectivity index (χ1n) is 9.57. The second-order valence-corrected chi connectivity index (χ2v) is 8.78. The Labute approximate surface area is 170 Å². The van der Waals surface area contributed by atoms with Crippen LogP contribution in [-0.2, 0) is 4.74 Å². The second kappa shape index (κ2) is 8.65. The number of ether oxygens (including phenoxy) is 1. The molecule has 0 aromatic carbocycles. The van der Waals surface area contributed by atoms with E-state index in [4.69, 9.17) is 17.0 Å². The largest absolute Gasteiger partial charge is 0.379 e. The van der Waals surface area contributed by atoms with Crippen molar-refractivity contribution in [1.29, 1.82) is 0 Å². The van der Waals surface area contributed by atoms with Crippen LogP contribution >= 0.6 is 23.6 Å². The van der Waals surface area contributed by atoms with Gasteiger partial charge >= 0.3 is 0 Å². The van der Waals surface area contributed by atoms with Gasteiger partial charge in [0.15, 0.2) is 5.11 Å². The maximum Gasteiger partial charge on any atom is 0.170 e. The first-order valence-corrected chi connectivity index (χ1v) is 10.8. The monoisotopic (exact) mass is 402 g/mol. The Hall–Kier alpha value is -1.54. The molecular weight excluding hydrogens is 376 g/mol. The van der Waals surface area contributed by atoms with Crippen molar-refractivity contribution in [2.24, 2.45) is 0 Å². The molecule has 2 aliphatic heterocycles. The Balaban J connectivity index is 1.50. The molecule has 0 unspecified atom stereocenters. The lowest BCUT2D eigenvalue weighted by Gasteiger charge is -2.30. The van der Waals surface area contributed by atoms with Crippen molar-refractivity contribution in [3.63, 3.8) is 0 Å². The normalized spacial score (nSPS) is 23.6. The van der Waals surface area contributed by atoms with E-state index in [2.05, 4.69) is 45.2 Å². The van der Waals surface area contributed by atoms with Crippen LogP contribution < -0.4 is 5.32 Å². The second-order valence-electron chi connectivity index (χ2n) is 7.08. The van der Waals surface area contributed by atoms with E-state index in [1.165, 1.54) is 9.75 Å². The molecule has 4 heterocycles. The van der Waals surface area contributed by atoms with E-state index in [1.54, 1.807) is 0 Å². The fourth-order valence-electron chi connectivity index (χ4n) is 3.86. The smallest absolute Gasteiger partial charge is 0.170 e. The summed E-state index contributed by atoms with van der Waals surface area (Å²) >= 11 is 7.58. The molecule has 144 valence electrons. The number of morpholine rings is 1. The predicted molar refractivity (Wildman–Crippen MR) is 113 cm³/mol. The summed E-state index contributed by atoms with van der Waals surface area (Å²) in [4.78, 5) is 12.1. The molecule has 0 spiro atoms. The van der Waals surface area contributed by atoms with Crippen molar-refractivity contribution >= 4 is 28.7 Å². The molecule has 1 N–H and O–H groups in total. The van der Waals surface area contributed by atoms with Crippen LogP contribution in [0.4, 0.5) is 0 Å². The summed E-state index contributed by atoms with van der Waals surface area (Å²) in [5.74, 6) is 0. The Morgan fingerprint density at radius 2 is 2.07 bits per heavy atom. The summed E-state index contributed by atoms with van der Waals surface area (Å²) in [6, 6.07) is 10.8. The molecule has 2 atom stereocenters. The third-order valence-corrected chi connectivity index (χ3v) is 6.65. The minimum absolute atomic E-state index is 0.0973. The van der Waals surface area contributed by atoms with E-state index < -0.39 is 0 Å². The van der Waals surface area contributed by atoms with Crippen LogP contribution in [0.2, 0.25) is 0 Å². The number of aryl methyl sites for hydroxylation is 1. The quantitative estimate of drug-likeness (QED) is 0.749. The summed E-state index contributed by atoms with van der Waals surface area (Å²) in [5, 5.41) is 4.37. The molecule has 2 saturated heterocycles. The number of hydrogen-bond acceptors (Lipinski definition) is 5. The number of rotatable bonds is 6. The highest BCUT2D eigenvalue weighted by atomic mass is 32.1. The summed E-state index contributed by atoms with van der Waals surface area (Å²) in [7, 11) is 0. The van der Waals surface area contributed by atoms with E-state index >= 15 is 0 Å². The van der Waals surface area contributed by atoms with E-state index in [1.807, 2.05) is 29.7 Å². The average Bonchev–Trinajstić information content (AvgIpc) is 3.27. The molecule has 27 heavy (non-hydrogen) atoms. The van der Waals surface area contributed by atoms with Crippen LogP contribution in [0.3, 0.4) is 0 Å². The van der Waals surface area contributed by atoms with Crippen molar-refractivity contribution < 1.29 is 4.74 Å². The number of thiocarbonyl (C=S) groups is 1. The molecule has 2 aromatic heterocycles. The van der Waals surface area contributed by atoms with Gasteiger partial charge in [-0.1, -0.05) is 6.07 Å². The van der Waals surface area contributed by atoms with Gasteiger partial charge in [-0.2, -0.15) is 0 Å². The van der Waals surface area contributed by atoms with Crippen LogP contribution in [0.25, 0.3) is 0 Å². The van der Waals surface area contributed by atoms with Gasteiger partial charge in [0, 0.05) is 42.1 Å². The van der Waals surface area contributed by atoms with Crippen molar-refractivity contribution in [1.82, 2.24) is 20.1 Å². The SMILES string of the molecule is Cc1ccc([C@@H]2[C@H](c3ccccn3)NC(=S)N2CCCN2CCOCC2)s1. The number of hydrogen-bond donors (Lipinski definition) is 1. The third-order valence-electron chi connectivity index (χ3n) is 5.23. The van der Waals surface area contributed by atoms with Gasteiger partial charge in [-0.05, 0) is 49.8 Å². The van der Waals surface area contributed by atoms with Crippen LogP contribution in [0.15, 0.2) is 36.5 Å². The molecule has 2 aliphatic rings. The van der Waals surface area contributed by atoms with E-state index in [0.29, 0.717) is 0 Å². The fraction of sp³-hybridized carbons (Fsp3) is 0.500. The molecule has 2 fully saturated rings. The van der Waals surface area contributed by atoms with Crippen molar-refractivity contribution in [2.75, 3.05) is 39.4 Å². The average molecular weight is 403 g/mol. The number of nitrogens with zero attached hydrogens (tertiary/aromatic N) is 3. The van der Waals surface area contributed by atoms with Gasteiger partial charge in [0.05, 0.1) is 31.0 Å². The number of nitrogens with one attached hydrogen (secondary N) is 1. The molecule has 0 bridgehead atoms.